The number of benzene rings is 3. The van der Waals surface area contributed by atoms with Gasteiger partial charge in [-0.3, -0.25) is 0 Å². The smallest absolute Gasteiger partial charge is 0.00997 e. The van der Waals surface area contributed by atoms with Crippen LogP contribution in [0.5, 0.6) is 0 Å². The Labute approximate surface area is 108 Å². The molecule has 0 radical (unpaired) electrons. The van der Waals surface area contributed by atoms with Crippen molar-refractivity contribution in [1.82, 2.24) is 0 Å². The molecule has 0 unspecified atom stereocenters. The molecule has 3 rings (SSSR count). The second kappa shape index (κ2) is 3.84. The summed E-state index contributed by atoms with van der Waals surface area (Å²) in [6.45, 7) is 8.85. The summed E-state index contributed by atoms with van der Waals surface area (Å²) >= 11 is 0. The summed E-state index contributed by atoms with van der Waals surface area (Å²) in [5, 5.41) is 5.54. The predicted molar refractivity (Wildman–Crippen MR) is 80.4 cm³/mol. The van der Waals surface area contributed by atoms with Crippen molar-refractivity contribution in [3.05, 3.63) is 58.7 Å². The van der Waals surface area contributed by atoms with Gasteiger partial charge in [-0.15, -0.1) is 0 Å². The van der Waals surface area contributed by atoms with Gasteiger partial charge in [0.05, 0.1) is 0 Å². The molecule has 90 valence electrons. The first-order valence-electron chi connectivity index (χ1n) is 6.48. The average Bonchev–Trinajstić information content (AvgIpc) is 2.38. The van der Waals surface area contributed by atoms with Crippen LogP contribution in [-0.2, 0) is 0 Å². The fraction of sp³-hybridized carbons (Fsp3) is 0.222. The zero-order chi connectivity index (χ0) is 12.9. The third kappa shape index (κ3) is 1.45. The van der Waals surface area contributed by atoms with E-state index in [1.165, 1.54) is 43.8 Å². The first-order valence-corrected chi connectivity index (χ1v) is 6.48. The van der Waals surface area contributed by atoms with Crippen molar-refractivity contribution in [1.29, 1.82) is 0 Å². The molecule has 0 saturated heterocycles. The molecule has 0 spiro atoms. The quantitative estimate of drug-likeness (QED) is 0.467. The highest BCUT2D eigenvalue weighted by molar-refractivity contribution is 6.10. The van der Waals surface area contributed by atoms with Gasteiger partial charge in [0.15, 0.2) is 0 Å². The largest absolute Gasteiger partial charge is 0.0616 e. The van der Waals surface area contributed by atoms with Gasteiger partial charge in [0.2, 0.25) is 0 Å². The first-order chi connectivity index (χ1) is 8.59. The summed E-state index contributed by atoms with van der Waals surface area (Å²) in [6.07, 6.45) is 0. The van der Waals surface area contributed by atoms with Gasteiger partial charge in [0.25, 0.3) is 0 Å². The van der Waals surface area contributed by atoms with Crippen LogP contribution < -0.4 is 0 Å². The molecule has 0 fully saturated rings. The number of hydrogen-bond donors (Lipinski definition) is 0. The highest BCUT2D eigenvalue weighted by atomic mass is 14.1. The van der Waals surface area contributed by atoms with E-state index in [4.69, 9.17) is 0 Å². The molecule has 0 amide bonds. The lowest BCUT2D eigenvalue weighted by molar-refractivity contribution is 1.35. The van der Waals surface area contributed by atoms with Gasteiger partial charge in [-0.25, -0.2) is 0 Å². The number of fused-ring (bicyclic) bond motifs is 3. The van der Waals surface area contributed by atoms with Gasteiger partial charge in [-0.1, -0.05) is 36.4 Å². The van der Waals surface area contributed by atoms with E-state index in [-0.39, 0.29) is 0 Å². The Kier molecular flexibility index (Phi) is 2.41. The Bertz CT molecular complexity index is 764. The minimum absolute atomic E-state index is 1.37. The average molecular weight is 234 g/mol. The van der Waals surface area contributed by atoms with E-state index in [0.29, 0.717) is 0 Å². The van der Waals surface area contributed by atoms with Gasteiger partial charge in [-0.05, 0) is 71.5 Å². The van der Waals surface area contributed by atoms with Gasteiger partial charge < -0.3 is 0 Å². The molecule has 0 heteroatoms. The minimum atomic E-state index is 1.37. The fourth-order valence-corrected chi connectivity index (χ4v) is 2.80. The molecule has 0 atom stereocenters. The standard InChI is InChI=1S/C18H18/c1-11-9-17-14(4)13(3)15-7-5-6-8-16(15)18(17)10-12(11)2/h5-10H,1-4H3. The predicted octanol–water partition coefficient (Wildman–Crippen LogP) is 5.23. The van der Waals surface area contributed by atoms with E-state index in [2.05, 4.69) is 64.1 Å². The molecule has 0 aliphatic heterocycles. The van der Waals surface area contributed by atoms with Crippen LogP contribution in [0.4, 0.5) is 0 Å². The number of rotatable bonds is 0. The lowest BCUT2D eigenvalue weighted by atomic mass is 9.91. The van der Waals surface area contributed by atoms with Crippen LogP contribution in [0.15, 0.2) is 36.4 Å². The Morgan fingerprint density at radius 1 is 0.556 bits per heavy atom. The Hall–Kier alpha value is -1.82. The Morgan fingerprint density at radius 2 is 1.06 bits per heavy atom. The number of aryl methyl sites for hydroxylation is 4. The molecule has 3 aromatic rings. The second-order valence-corrected chi connectivity index (χ2v) is 5.28. The molecule has 0 aromatic heterocycles. The van der Waals surface area contributed by atoms with E-state index in [0.717, 1.165) is 0 Å². The van der Waals surface area contributed by atoms with E-state index < -0.39 is 0 Å². The minimum Gasteiger partial charge on any atom is -0.0616 e. The Morgan fingerprint density at radius 3 is 1.72 bits per heavy atom. The van der Waals surface area contributed by atoms with Gasteiger partial charge in [0.1, 0.15) is 0 Å². The molecular weight excluding hydrogens is 216 g/mol. The van der Waals surface area contributed by atoms with E-state index in [9.17, 15) is 0 Å². The third-order valence-electron chi connectivity index (χ3n) is 4.22. The van der Waals surface area contributed by atoms with Crippen LogP contribution in [-0.4, -0.2) is 0 Å². The maximum atomic E-state index is 2.33. The van der Waals surface area contributed by atoms with Gasteiger partial charge in [-0.2, -0.15) is 0 Å². The van der Waals surface area contributed by atoms with Crippen LogP contribution in [0.2, 0.25) is 0 Å². The van der Waals surface area contributed by atoms with Crippen LogP contribution in [0.1, 0.15) is 22.3 Å². The van der Waals surface area contributed by atoms with Crippen molar-refractivity contribution in [2.45, 2.75) is 27.7 Å². The lowest BCUT2D eigenvalue weighted by Crippen LogP contribution is -1.90. The molecule has 0 heterocycles. The molecule has 0 aliphatic carbocycles. The molecular formula is C18H18. The fourth-order valence-electron chi connectivity index (χ4n) is 2.80. The van der Waals surface area contributed by atoms with Crippen molar-refractivity contribution in [2.24, 2.45) is 0 Å². The summed E-state index contributed by atoms with van der Waals surface area (Å²) in [4.78, 5) is 0. The van der Waals surface area contributed by atoms with Crippen LogP contribution in [0, 0.1) is 27.7 Å². The van der Waals surface area contributed by atoms with Crippen molar-refractivity contribution in [2.75, 3.05) is 0 Å². The van der Waals surface area contributed by atoms with Crippen molar-refractivity contribution < 1.29 is 0 Å². The van der Waals surface area contributed by atoms with Crippen molar-refractivity contribution >= 4 is 21.5 Å². The zero-order valence-electron chi connectivity index (χ0n) is 11.5. The normalized spacial score (nSPS) is 11.3. The van der Waals surface area contributed by atoms with Crippen LogP contribution in [0.3, 0.4) is 0 Å². The highest BCUT2D eigenvalue weighted by Gasteiger charge is 2.09. The summed E-state index contributed by atoms with van der Waals surface area (Å²) in [7, 11) is 0. The zero-order valence-corrected chi connectivity index (χ0v) is 11.5. The highest BCUT2D eigenvalue weighted by Crippen LogP contribution is 2.33. The second-order valence-electron chi connectivity index (χ2n) is 5.28. The topological polar surface area (TPSA) is 0 Å². The maximum Gasteiger partial charge on any atom is -0.00997 e. The van der Waals surface area contributed by atoms with E-state index in [1.807, 2.05) is 0 Å². The molecule has 18 heavy (non-hydrogen) atoms. The number of hydrogen-bond acceptors (Lipinski definition) is 0. The Balaban J connectivity index is 2.65. The molecule has 0 bridgehead atoms. The van der Waals surface area contributed by atoms with Crippen molar-refractivity contribution in [3.63, 3.8) is 0 Å². The molecule has 0 nitrogen and oxygen atoms in total. The first kappa shape index (κ1) is 11.3. The molecule has 0 saturated carbocycles. The van der Waals surface area contributed by atoms with Gasteiger partial charge in [0, 0.05) is 0 Å². The summed E-state index contributed by atoms with van der Waals surface area (Å²) in [5.74, 6) is 0. The summed E-state index contributed by atoms with van der Waals surface area (Å²) in [5.41, 5.74) is 5.56. The van der Waals surface area contributed by atoms with Crippen molar-refractivity contribution in [3.8, 4) is 0 Å². The summed E-state index contributed by atoms with van der Waals surface area (Å²) < 4.78 is 0. The molecule has 3 aromatic carbocycles. The van der Waals surface area contributed by atoms with Gasteiger partial charge >= 0.3 is 0 Å². The maximum absolute atomic E-state index is 2.33. The SMILES string of the molecule is Cc1cc2c(C)c(C)c3ccccc3c2cc1C. The molecule has 0 aliphatic rings. The van der Waals surface area contributed by atoms with Crippen LogP contribution >= 0.6 is 0 Å². The monoisotopic (exact) mass is 234 g/mol. The van der Waals surface area contributed by atoms with E-state index >= 15 is 0 Å². The summed E-state index contributed by atoms with van der Waals surface area (Å²) in [6, 6.07) is 13.4. The third-order valence-corrected chi connectivity index (χ3v) is 4.22. The lowest BCUT2D eigenvalue weighted by Gasteiger charge is -2.13. The molecule has 0 N–H and O–H groups in total. The van der Waals surface area contributed by atoms with Crippen LogP contribution in [0.25, 0.3) is 21.5 Å². The van der Waals surface area contributed by atoms with E-state index in [1.54, 1.807) is 0 Å².